The van der Waals surface area contributed by atoms with Gasteiger partial charge in [-0.05, 0) is 38.6 Å². The van der Waals surface area contributed by atoms with Gasteiger partial charge in [-0.25, -0.2) is 0 Å². The molecule has 0 aromatic rings. The molecular weight excluding hydrogens is 282 g/mol. The Labute approximate surface area is 132 Å². The summed E-state index contributed by atoms with van der Waals surface area (Å²) in [7, 11) is 0. The number of amides is 2. The average Bonchev–Trinajstić information content (AvgIpc) is 3.08. The normalized spacial score (nSPS) is 29.6. The molecule has 3 aliphatic rings. The van der Waals surface area contributed by atoms with E-state index < -0.39 is 0 Å². The Morgan fingerprint density at radius 1 is 1.05 bits per heavy atom. The molecule has 2 amide bonds. The first-order valence-electron chi connectivity index (χ1n) is 8.65. The number of piperidine rings is 1. The second kappa shape index (κ2) is 7.42. The van der Waals surface area contributed by atoms with E-state index >= 15 is 0 Å². The minimum Gasteiger partial charge on any atom is -0.378 e. The zero-order chi connectivity index (χ0) is 15.4. The molecule has 0 aromatic heterocycles. The summed E-state index contributed by atoms with van der Waals surface area (Å²) < 4.78 is 5.32. The van der Waals surface area contributed by atoms with Crippen LogP contribution in [0.1, 0.15) is 38.5 Å². The molecule has 6 nitrogen and oxygen atoms in total. The van der Waals surface area contributed by atoms with Crippen LogP contribution >= 0.6 is 0 Å². The van der Waals surface area contributed by atoms with Gasteiger partial charge in [-0.3, -0.25) is 9.59 Å². The van der Waals surface area contributed by atoms with E-state index in [1.807, 2.05) is 9.80 Å². The maximum Gasteiger partial charge on any atom is 0.245 e. The molecule has 0 aromatic carbocycles. The van der Waals surface area contributed by atoms with Crippen LogP contribution in [0, 0.1) is 0 Å². The van der Waals surface area contributed by atoms with Crippen molar-refractivity contribution in [2.75, 3.05) is 39.4 Å². The number of carbonyl (C=O) groups excluding carboxylic acids is 2. The van der Waals surface area contributed by atoms with Crippen molar-refractivity contribution in [3.05, 3.63) is 0 Å². The molecule has 3 saturated heterocycles. The van der Waals surface area contributed by atoms with Gasteiger partial charge >= 0.3 is 0 Å². The van der Waals surface area contributed by atoms with Gasteiger partial charge in [0.25, 0.3) is 0 Å². The zero-order valence-corrected chi connectivity index (χ0v) is 13.3. The maximum atomic E-state index is 12.8. The molecule has 0 bridgehead atoms. The van der Waals surface area contributed by atoms with Gasteiger partial charge in [0.2, 0.25) is 11.8 Å². The summed E-state index contributed by atoms with van der Waals surface area (Å²) in [4.78, 5) is 29.1. The van der Waals surface area contributed by atoms with Crippen molar-refractivity contribution in [1.29, 1.82) is 0 Å². The smallest absolute Gasteiger partial charge is 0.245 e. The van der Waals surface area contributed by atoms with E-state index in [0.717, 1.165) is 45.2 Å². The van der Waals surface area contributed by atoms with Gasteiger partial charge in [-0.1, -0.05) is 0 Å². The quantitative estimate of drug-likeness (QED) is 0.818. The van der Waals surface area contributed by atoms with Crippen LogP contribution in [0.5, 0.6) is 0 Å². The third-order valence-electron chi connectivity index (χ3n) is 5.01. The Morgan fingerprint density at radius 2 is 1.86 bits per heavy atom. The minimum atomic E-state index is -0.249. The van der Waals surface area contributed by atoms with Crippen molar-refractivity contribution in [3.63, 3.8) is 0 Å². The van der Waals surface area contributed by atoms with Crippen LogP contribution < -0.4 is 5.32 Å². The highest BCUT2D eigenvalue weighted by molar-refractivity contribution is 5.88. The number of hydrogen-bond donors (Lipinski definition) is 1. The van der Waals surface area contributed by atoms with Crippen molar-refractivity contribution in [1.82, 2.24) is 15.1 Å². The highest BCUT2D eigenvalue weighted by Gasteiger charge is 2.35. The van der Waals surface area contributed by atoms with E-state index in [1.165, 1.54) is 0 Å². The standard InChI is InChI=1S/C16H27N3O3/c20-15(12-13-4-3-6-17-13)19-7-2-1-5-14(19)16(21)18-8-10-22-11-9-18/h13-14,17H,1-12H2. The Balaban J connectivity index is 1.61. The molecule has 3 heterocycles. The van der Waals surface area contributed by atoms with Crippen LogP contribution in [0.3, 0.4) is 0 Å². The van der Waals surface area contributed by atoms with Gasteiger partial charge in [0.15, 0.2) is 0 Å². The Bertz CT molecular complexity index is 403. The van der Waals surface area contributed by atoms with Crippen LogP contribution in [0.15, 0.2) is 0 Å². The number of rotatable bonds is 3. The molecule has 0 radical (unpaired) electrons. The third-order valence-corrected chi connectivity index (χ3v) is 5.01. The lowest BCUT2D eigenvalue weighted by molar-refractivity contribution is -0.150. The van der Waals surface area contributed by atoms with Crippen LogP contribution in [0.4, 0.5) is 0 Å². The number of nitrogens with one attached hydrogen (secondary N) is 1. The van der Waals surface area contributed by atoms with Gasteiger partial charge in [-0.15, -0.1) is 0 Å². The number of nitrogens with zero attached hydrogens (tertiary/aromatic N) is 2. The first-order valence-corrected chi connectivity index (χ1v) is 8.65. The molecule has 2 atom stereocenters. The summed E-state index contributed by atoms with van der Waals surface area (Å²) in [5.74, 6) is 0.265. The van der Waals surface area contributed by atoms with Crippen molar-refractivity contribution >= 4 is 11.8 Å². The van der Waals surface area contributed by atoms with Crippen molar-refractivity contribution < 1.29 is 14.3 Å². The van der Waals surface area contributed by atoms with Gasteiger partial charge < -0.3 is 19.9 Å². The third kappa shape index (κ3) is 3.60. The number of ether oxygens (including phenoxy) is 1. The van der Waals surface area contributed by atoms with Crippen molar-refractivity contribution in [2.24, 2.45) is 0 Å². The molecule has 0 spiro atoms. The van der Waals surface area contributed by atoms with Crippen LogP contribution in [0.2, 0.25) is 0 Å². The van der Waals surface area contributed by atoms with Crippen LogP contribution in [0.25, 0.3) is 0 Å². The summed E-state index contributed by atoms with van der Waals surface area (Å²) >= 11 is 0. The Hall–Kier alpha value is -1.14. The number of likely N-dealkylation sites (tertiary alicyclic amines) is 1. The lowest BCUT2D eigenvalue weighted by Gasteiger charge is -2.39. The first-order chi connectivity index (χ1) is 10.8. The lowest BCUT2D eigenvalue weighted by atomic mass is 9.99. The topological polar surface area (TPSA) is 61.9 Å². The fourth-order valence-corrected chi connectivity index (χ4v) is 3.74. The fraction of sp³-hybridized carbons (Fsp3) is 0.875. The van der Waals surface area contributed by atoms with Gasteiger partial charge in [0, 0.05) is 32.1 Å². The Morgan fingerprint density at radius 3 is 2.59 bits per heavy atom. The summed E-state index contributed by atoms with van der Waals surface area (Å²) in [5.41, 5.74) is 0. The summed E-state index contributed by atoms with van der Waals surface area (Å²) in [5, 5.41) is 3.37. The van der Waals surface area contributed by atoms with Crippen molar-refractivity contribution in [2.45, 2.75) is 50.6 Å². The van der Waals surface area contributed by atoms with E-state index in [-0.39, 0.29) is 17.9 Å². The molecule has 3 fully saturated rings. The molecule has 22 heavy (non-hydrogen) atoms. The van der Waals surface area contributed by atoms with E-state index in [9.17, 15) is 9.59 Å². The van der Waals surface area contributed by atoms with E-state index in [4.69, 9.17) is 4.74 Å². The highest BCUT2D eigenvalue weighted by atomic mass is 16.5. The predicted molar refractivity (Wildman–Crippen MR) is 82.4 cm³/mol. The molecule has 2 unspecified atom stereocenters. The summed E-state index contributed by atoms with van der Waals surface area (Å²) in [6.07, 6.45) is 5.60. The zero-order valence-electron chi connectivity index (χ0n) is 13.3. The maximum absolute atomic E-state index is 12.8. The monoisotopic (exact) mass is 309 g/mol. The number of carbonyl (C=O) groups is 2. The molecule has 6 heteroatoms. The number of hydrogen-bond acceptors (Lipinski definition) is 4. The molecule has 3 rings (SSSR count). The average molecular weight is 309 g/mol. The first kappa shape index (κ1) is 15.7. The predicted octanol–water partition coefficient (Wildman–Crippen LogP) is 0.368. The van der Waals surface area contributed by atoms with Gasteiger partial charge in [-0.2, -0.15) is 0 Å². The SMILES string of the molecule is O=C(C1CCCCN1C(=O)CC1CCCN1)N1CCOCC1. The van der Waals surface area contributed by atoms with Crippen LogP contribution in [-0.4, -0.2) is 73.1 Å². The Kier molecular flexibility index (Phi) is 5.31. The largest absolute Gasteiger partial charge is 0.378 e. The molecule has 0 aliphatic carbocycles. The fourth-order valence-electron chi connectivity index (χ4n) is 3.74. The molecule has 3 aliphatic heterocycles. The molecule has 124 valence electrons. The second-order valence-corrected chi connectivity index (χ2v) is 6.53. The summed E-state index contributed by atoms with van der Waals surface area (Å²) in [6.45, 7) is 4.26. The minimum absolute atomic E-state index is 0.121. The van der Waals surface area contributed by atoms with Gasteiger partial charge in [0.1, 0.15) is 6.04 Å². The second-order valence-electron chi connectivity index (χ2n) is 6.53. The van der Waals surface area contributed by atoms with E-state index in [1.54, 1.807) is 0 Å². The molecule has 1 N–H and O–H groups in total. The van der Waals surface area contributed by atoms with E-state index in [2.05, 4.69) is 5.32 Å². The molecule has 0 saturated carbocycles. The lowest BCUT2D eigenvalue weighted by Crippen LogP contribution is -2.55. The van der Waals surface area contributed by atoms with Crippen molar-refractivity contribution in [3.8, 4) is 0 Å². The highest BCUT2D eigenvalue weighted by Crippen LogP contribution is 2.22. The van der Waals surface area contributed by atoms with Gasteiger partial charge in [0.05, 0.1) is 13.2 Å². The molecular formula is C16H27N3O3. The van der Waals surface area contributed by atoms with E-state index in [0.29, 0.717) is 38.8 Å². The van der Waals surface area contributed by atoms with Crippen LogP contribution in [-0.2, 0) is 14.3 Å². The number of morpholine rings is 1. The summed E-state index contributed by atoms with van der Waals surface area (Å²) in [6, 6.07) is 0.0503.